The Balaban J connectivity index is 1.57. The van der Waals surface area contributed by atoms with Gasteiger partial charge in [-0.3, -0.25) is 9.59 Å². The van der Waals surface area contributed by atoms with Gasteiger partial charge < -0.3 is 15.4 Å². The van der Waals surface area contributed by atoms with Gasteiger partial charge in [0.15, 0.2) is 0 Å². The zero-order chi connectivity index (χ0) is 18.5. The number of amides is 2. The van der Waals surface area contributed by atoms with E-state index in [4.69, 9.17) is 27.9 Å². The van der Waals surface area contributed by atoms with E-state index in [1.54, 1.807) is 42.5 Å². The Labute approximate surface area is 161 Å². The SMILES string of the molecule is O=C(Cc1c(Cl)cccc1Cl)Nc1ccc(NC(=O)C2CCCO2)cc1. The standard InChI is InChI=1S/C19H18Cl2N2O3/c20-15-3-1-4-16(21)14(15)11-18(24)22-12-6-8-13(9-7-12)23-19(25)17-5-2-10-26-17/h1,3-4,6-9,17H,2,5,10-11H2,(H,22,24)(H,23,25). The summed E-state index contributed by atoms with van der Waals surface area (Å²) in [5, 5.41) is 6.51. The van der Waals surface area contributed by atoms with E-state index < -0.39 is 0 Å². The van der Waals surface area contributed by atoms with Crippen LogP contribution < -0.4 is 10.6 Å². The quantitative estimate of drug-likeness (QED) is 0.796. The monoisotopic (exact) mass is 392 g/mol. The van der Waals surface area contributed by atoms with Crippen LogP contribution in [0.3, 0.4) is 0 Å². The Kier molecular flexibility index (Phi) is 6.14. The summed E-state index contributed by atoms with van der Waals surface area (Å²) in [6, 6.07) is 12.0. The third-order valence-electron chi connectivity index (χ3n) is 4.06. The molecule has 0 aliphatic carbocycles. The molecule has 136 valence electrons. The van der Waals surface area contributed by atoms with Crippen molar-refractivity contribution in [2.45, 2.75) is 25.4 Å². The molecule has 26 heavy (non-hydrogen) atoms. The lowest BCUT2D eigenvalue weighted by atomic mass is 10.1. The number of benzene rings is 2. The highest BCUT2D eigenvalue weighted by Gasteiger charge is 2.23. The summed E-state index contributed by atoms with van der Waals surface area (Å²) in [6.07, 6.45) is 1.34. The number of hydrogen-bond donors (Lipinski definition) is 2. The van der Waals surface area contributed by atoms with Crippen LogP contribution in [0.15, 0.2) is 42.5 Å². The Morgan fingerprint density at radius 2 is 1.62 bits per heavy atom. The number of hydrogen-bond acceptors (Lipinski definition) is 3. The van der Waals surface area contributed by atoms with Crippen LogP contribution in [0.2, 0.25) is 10.0 Å². The van der Waals surface area contributed by atoms with Crippen molar-refractivity contribution in [3.05, 3.63) is 58.1 Å². The molecular weight excluding hydrogens is 375 g/mol. The van der Waals surface area contributed by atoms with Crippen molar-refractivity contribution >= 4 is 46.4 Å². The van der Waals surface area contributed by atoms with Gasteiger partial charge in [-0.25, -0.2) is 0 Å². The lowest BCUT2D eigenvalue weighted by Gasteiger charge is -2.11. The lowest BCUT2D eigenvalue weighted by molar-refractivity contribution is -0.124. The first-order chi connectivity index (χ1) is 12.5. The largest absolute Gasteiger partial charge is 0.368 e. The lowest BCUT2D eigenvalue weighted by Crippen LogP contribution is -2.26. The molecule has 0 saturated carbocycles. The van der Waals surface area contributed by atoms with Gasteiger partial charge in [0, 0.05) is 28.0 Å². The third-order valence-corrected chi connectivity index (χ3v) is 4.77. The van der Waals surface area contributed by atoms with E-state index >= 15 is 0 Å². The van der Waals surface area contributed by atoms with Crippen LogP contribution >= 0.6 is 23.2 Å². The Hall–Kier alpha value is -2.08. The molecule has 1 atom stereocenters. The van der Waals surface area contributed by atoms with Crippen LogP contribution in [0.4, 0.5) is 11.4 Å². The van der Waals surface area contributed by atoms with E-state index in [0.29, 0.717) is 33.6 Å². The van der Waals surface area contributed by atoms with E-state index in [9.17, 15) is 9.59 Å². The fourth-order valence-electron chi connectivity index (χ4n) is 2.71. The van der Waals surface area contributed by atoms with Gasteiger partial charge in [-0.05, 0) is 54.8 Å². The molecule has 0 bridgehead atoms. The average Bonchev–Trinajstić information content (AvgIpc) is 3.15. The minimum Gasteiger partial charge on any atom is -0.368 e. The first-order valence-corrected chi connectivity index (χ1v) is 9.04. The molecule has 0 aromatic heterocycles. The second kappa shape index (κ2) is 8.54. The van der Waals surface area contributed by atoms with Crippen molar-refractivity contribution < 1.29 is 14.3 Å². The highest BCUT2D eigenvalue weighted by Crippen LogP contribution is 2.25. The van der Waals surface area contributed by atoms with Crippen LogP contribution in [0, 0.1) is 0 Å². The van der Waals surface area contributed by atoms with Gasteiger partial charge in [0.05, 0.1) is 6.42 Å². The Morgan fingerprint density at radius 1 is 1.00 bits per heavy atom. The molecule has 1 fully saturated rings. The maximum absolute atomic E-state index is 12.2. The summed E-state index contributed by atoms with van der Waals surface area (Å²) in [6.45, 7) is 0.624. The fourth-order valence-corrected chi connectivity index (χ4v) is 3.24. The molecule has 7 heteroatoms. The Bertz CT molecular complexity index is 783. The van der Waals surface area contributed by atoms with E-state index in [2.05, 4.69) is 10.6 Å². The van der Waals surface area contributed by atoms with Gasteiger partial charge in [-0.1, -0.05) is 29.3 Å². The molecular formula is C19H18Cl2N2O3. The molecule has 2 aromatic carbocycles. The van der Waals surface area contributed by atoms with E-state index in [1.165, 1.54) is 0 Å². The van der Waals surface area contributed by atoms with Crippen LogP contribution in [0.5, 0.6) is 0 Å². The fraction of sp³-hybridized carbons (Fsp3) is 0.263. The average molecular weight is 393 g/mol. The number of nitrogens with one attached hydrogen (secondary N) is 2. The van der Waals surface area contributed by atoms with Gasteiger partial charge in [0.1, 0.15) is 6.10 Å². The van der Waals surface area contributed by atoms with Crippen molar-refractivity contribution in [2.24, 2.45) is 0 Å². The Morgan fingerprint density at radius 3 is 2.19 bits per heavy atom. The zero-order valence-electron chi connectivity index (χ0n) is 13.9. The third kappa shape index (κ3) is 4.75. The summed E-state index contributed by atoms with van der Waals surface area (Å²) < 4.78 is 5.35. The van der Waals surface area contributed by atoms with Crippen LogP contribution in [0.1, 0.15) is 18.4 Å². The van der Waals surface area contributed by atoms with Crippen molar-refractivity contribution in [1.82, 2.24) is 0 Å². The molecule has 1 aliphatic heterocycles. The number of anilines is 2. The minimum atomic E-state index is -0.380. The molecule has 2 aromatic rings. The number of rotatable bonds is 5. The molecule has 1 heterocycles. The van der Waals surface area contributed by atoms with Crippen molar-refractivity contribution in [3.8, 4) is 0 Å². The maximum Gasteiger partial charge on any atom is 0.253 e. The van der Waals surface area contributed by atoms with Crippen LogP contribution in [-0.2, 0) is 20.7 Å². The van der Waals surface area contributed by atoms with Gasteiger partial charge in [0.25, 0.3) is 5.91 Å². The maximum atomic E-state index is 12.2. The molecule has 0 spiro atoms. The number of ether oxygens (including phenoxy) is 1. The van der Waals surface area contributed by atoms with Gasteiger partial charge in [0.2, 0.25) is 5.91 Å². The normalized spacial score (nSPS) is 16.3. The zero-order valence-corrected chi connectivity index (χ0v) is 15.4. The highest BCUT2D eigenvalue weighted by molar-refractivity contribution is 6.36. The van der Waals surface area contributed by atoms with Crippen molar-refractivity contribution in [1.29, 1.82) is 0 Å². The molecule has 2 N–H and O–H groups in total. The van der Waals surface area contributed by atoms with E-state index in [1.807, 2.05) is 0 Å². The summed E-state index contributed by atoms with van der Waals surface area (Å²) in [5.41, 5.74) is 1.86. The summed E-state index contributed by atoms with van der Waals surface area (Å²) in [7, 11) is 0. The smallest absolute Gasteiger partial charge is 0.253 e. The van der Waals surface area contributed by atoms with E-state index in [-0.39, 0.29) is 24.3 Å². The first kappa shape index (κ1) is 18.7. The molecule has 3 rings (SSSR count). The van der Waals surface area contributed by atoms with Gasteiger partial charge in [-0.15, -0.1) is 0 Å². The number of halogens is 2. The first-order valence-electron chi connectivity index (χ1n) is 8.28. The number of carbonyl (C=O) groups is 2. The molecule has 0 radical (unpaired) electrons. The van der Waals surface area contributed by atoms with E-state index in [0.717, 1.165) is 12.8 Å². The minimum absolute atomic E-state index is 0.0794. The van der Waals surface area contributed by atoms with Crippen molar-refractivity contribution in [3.63, 3.8) is 0 Å². The second-order valence-corrected chi connectivity index (χ2v) is 6.81. The molecule has 5 nitrogen and oxygen atoms in total. The topological polar surface area (TPSA) is 67.4 Å². The van der Waals surface area contributed by atoms with Crippen molar-refractivity contribution in [2.75, 3.05) is 17.2 Å². The molecule has 2 amide bonds. The predicted octanol–water partition coefficient (Wildman–Crippen LogP) is 4.29. The van der Waals surface area contributed by atoms with Gasteiger partial charge >= 0.3 is 0 Å². The molecule has 1 unspecified atom stereocenters. The summed E-state index contributed by atoms with van der Waals surface area (Å²) in [4.78, 5) is 24.2. The molecule has 1 aliphatic rings. The highest BCUT2D eigenvalue weighted by atomic mass is 35.5. The number of carbonyl (C=O) groups excluding carboxylic acids is 2. The predicted molar refractivity (Wildman–Crippen MR) is 103 cm³/mol. The molecule has 1 saturated heterocycles. The second-order valence-electron chi connectivity index (χ2n) is 5.99. The summed E-state index contributed by atoms with van der Waals surface area (Å²) in [5.74, 6) is -0.371. The van der Waals surface area contributed by atoms with Gasteiger partial charge in [-0.2, -0.15) is 0 Å². The summed E-state index contributed by atoms with van der Waals surface area (Å²) >= 11 is 12.2. The van der Waals surface area contributed by atoms with Crippen LogP contribution in [0.25, 0.3) is 0 Å². The van der Waals surface area contributed by atoms with Crippen LogP contribution in [-0.4, -0.2) is 24.5 Å².